The maximum Gasteiger partial charge on any atom is 0.340 e. The lowest BCUT2D eigenvalue weighted by Crippen LogP contribution is -2.15. The molecule has 0 radical (unpaired) electrons. The molecule has 0 N–H and O–H groups in total. The maximum absolute atomic E-state index is 12.2. The molecule has 4 nitrogen and oxygen atoms in total. The molecule has 2 aromatic rings. The number of hydrogen-bond donors (Lipinski definition) is 0. The maximum atomic E-state index is 12.2. The van der Waals surface area contributed by atoms with Crippen LogP contribution < -0.4 is 0 Å². The first-order chi connectivity index (χ1) is 11.1. The third kappa shape index (κ3) is 3.65. The van der Waals surface area contributed by atoms with E-state index in [-0.39, 0.29) is 12.4 Å². The van der Waals surface area contributed by atoms with Gasteiger partial charge < -0.3 is 4.74 Å². The van der Waals surface area contributed by atoms with Crippen LogP contribution in [0.15, 0.2) is 36.5 Å². The van der Waals surface area contributed by atoms with Gasteiger partial charge in [0.05, 0.1) is 5.56 Å². The van der Waals surface area contributed by atoms with Crippen molar-refractivity contribution in [2.45, 2.75) is 32.6 Å². The molecule has 118 valence electrons. The summed E-state index contributed by atoms with van der Waals surface area (Å²) in [6.45, 7) is 1.60. The molecule has 0 unspecified atom stereocenters. The Labute approximate surface area is 135 Å². The lowest BCUT2D eigenvalue weighted by atomic mass is 9.90. The number of rotatable bonds is 4. The first-order valence-corrected chi connectivity index (χ1v) is 7.88. The van der Waals surface area contributed by atoms with E-state index in [1.165, 1.54) is 30.2 Å². The summed E-state index contributed by atoms with van der Waals surface area (Å²) in [4.78, 5) is 28.2. The second kappa shape index (κ2) is 6.73. The molecule has 3 rings (SSSR count). The quantitative estimate of drug-likeness (QED) is 0.642. The molecule has 0 saturated heterocycles. The van der Waals surface area contributed by atoms with Crippen molar-refractivity contribution in [2.24, 2.45) is 0 Å². The van der Waals surface area contributed by atoms with Gasteiger partial charge in [0, 0.05) is 17.5 Å². The van der Waals surface area contributed by atoms with Gasteiger partial charge in [-0.2, -0.15) is 0 Å². The molecule has 1 aliphatic rings. The third-order valence-corrected chi connectivity index (χ3v) is 4.15. The zero-order valence-corrected chi connectivity index (χ0v) is 13.2. The standard InChI is InChI=1S/C19H19NO3/c1-13-6-7-17(11-20-13)19(22)23-12-18(21)16-9-8-14-4-2-3-5-15(14)10-16/h6-11H,2-5,12H2,1H3. The molecular weight excluding hydrogens is 290 g/mol. The zero-order valence-electron chi connectivity index (χ0n) is 13.2. The normalized spacial score (nSPS) is 13.3. The monoisotopic (exact) mass is 309 g/mol. The number of nitrogens with zero attached hydrogens (tertiary/aromatic N) is 1. The van der Waals surface area contributed by atoms with Crippen molar-refractivity contribution < 1.29 is 14.3 Å². The number of hydrogen-bond acceptors (Lipinski definition) is 4. The van der Waals surface area contributed by atoms with Gasteiger partial charge in [0.1, 0.15) is 0 Å². The SMILES string of the molecule is Cc1ccc(C(=O)OCC(=O)c2ccc3c(c2)CCCC3)cn1. The van der Waals surface area contributed by atoms with E-state index in [9.17, 15) is 9.59 Å². The van der Waals surface area contributed by atoms with Gasteiger partial charge in [-0.15, -0.1) is 0 Å². The number of aryl methyl sites for hydroxylation is 3. The number of ketones is 1. The van der Waals surface area contributed by atoms with Crippen LogP contribution >= 0.6 is 0 Å². The van der Waals surface area contributed by atoms with E-state index in [0.29, 0.717) is 11.1 Å². The molecular formula is C19H19NO3. The Balaban J connectivity index is 1.63. The summed E-state index contributed by atoms with van der Waals surface area (Å²) in [5.41, 5.74) is 4.37. The summed E-state index contributed by atoms with van der Waals surface area (Å²) >= 11 is 0. The number of carbonyl (C=O) groups is 2. The van der Waals surface area contributed by atoms with Gasteiger partial charge >= 0.3 is 5.97 Å². The van der Waals surface area contributed by atoms with E-state index in [4.69, 9.17) is 4.74 Å². The molecule has 0 amide bonds. The molecule has 0 spiro atoms. The Morgan fingerprint density at radius 1 is 1.04 bits per heavy atom. The number of pyridine rings is 1. The highest BCUT2D eigenvalue weighted by molar-refractivity contribution is 5.99. The second-order valence-electron chi connectivity index (χ2n) is 5.88. The number of esters is 1. The fourth-order valence-electron chi connectivity index (χ4n) is 2.79. The van der Waals surface area contributed by atoms with Crippen molar-refractivity contribution in [2.75, 3.05) is 6.61 Å². The van der Waals surface area contributed by atoms with Crippen LogP contribution in [0.4, 0.5) is 0 Å². The van der Waals surface area contributed by atoms with Crippen LogP contribution in [0, 0.1) is 6.92 Å². The summed E-state index contributed by atoms with van der Waals surface area (Å²) in [7, 11) is 0. The molecule has 0 saturated carbocycles. The Morgan fingerprint density at radius 2 is 1.78 bits per heavy atom. The summed E-state index contributed by atoms with van der Waals surface area (Å²) in [6.07, 6.45) is 5.94. The number of benzene rings is 1. The van der Waals surface area contributed by atoms with E-state index in [1.807, 2.05) is 25.1 Å². The Morgan fingerprint density at radius 3 is 2.52 bits per heavy atom. The van der Waals surface area contributed by atoms with Crippen LogP contribution in [0.25, 0.3) is 0 Å². The first-order valence-electron chi connectivity index (χ1n) is 7.88. The van der Waals surface area contributed by atoms with Gasteiger partial charge in [-0.05, 0) is 61.9 Å². The highest BCUT2D eigenvalue weighted by Crippen LogP contribution is 2.22. The smallest absolute Gasteiger partial charge is 0.340 e. The van der Waals surface area contributed by atoms with Gasteiger partial charge in [-0.1, -0.05) is 12.1 Å². The number of carbonyl (C=O) groups excluding carboxylic acids is 2. The predicted octanol–water partition coefficient (Wildman–Crippen LogP) is 3.31. The molecule has 0 aliphatic heterocycles. The minimum absolute atomic E-state index is 0.174. The number of aromatic nitrogens is 1. The molecule has 1 heterocycles. The Bertz CT molecular complexity index is 735. The molecule has 0 fully saturated rings. The molecule has 0 atom stereocenters. The van der Waals surface area contributed by atoms with Crippen LogP contribution in [0.3, 0.4) is 0 Å². The van der Waals surface area contributed by atoms with Crippen LogP contribution in [0.5, 0.6) is 0 Å². The van der Waals surface area contributed by atoms with E-state index in [0.717, 1.165) is 18.5 Å². The molecule has 1 aromatic heterocycles. The third-order valence-electron chi connectivity index (χ3n) is 4.15. The molecule has 1 aliphatic carbocycles. The zero-order chi connectivity index (χ0) is 16.2. The van der Waals surface area contributed by atoms with Crippen LogP contribution in [-0.4, -0.2) is 23.3 Å². The van der Waals surface area contributed by atoms with Crippen molar-refractivity contribution in [3.05, 3.63) is 64.5 Å². The minimum Gasteiger partial charge on any atom is -0.454 e. The predicted molar refractivity (Wildman–Crippen MR) is 86.7 cm³/mol. The van der Waals surface area contributed by atoms with Crippen molar-refractivity contribution >= 4 is 11.8 Å². The van der Waals surface area contributed by atoms with Crippen molar-refractivity contribution in [3.63, 3.8) is 0 Å². The summed E-state index contributed by atoms with van der Waals surface area (Å²) in [6, 6.07) is 9.18. The van der Waals surface area contributed by atoms with Crippen molar-refractivity contribution in [3.8, 4) is 0 Å². The van der Waals surface area contributed by atoms with Gasteiger partial charge in [-0.25, -0.2) is 4.79 Å². The fourth-order valence-corrected chi connectivity index (χ4v) is 2.79. The van der Waals surface area contributed by atoms with E-state index in [2.05, 4.69) is 4.98 Å². The second-order valence-corrected chi connectivity index (χ2v) is 5.88. The van der Waals surface area contributed by atoms with Gasteiger partial charge in [0.2, 0.25) is 0 Å². The number of ether oxygens (including phenoxy) is 1. The lowest BCUT2D eigenvalue weighted by molar-refractivity contribution is 0.0474. The number of fused-ring (bicyclic) bond motifs is 1. The lowest BCUT2D eigenvalue weighted by Gasteiger charge is -2.16. The van der Waals surface area contributed by atoms with Crippen molar-refractivity contribution in [1.29, 1.82) is 0 Å². The van der Waals surface area contributed by atoms with Crippen LogP contribution in [0.2, 0.25) is 0 Å². The highest BCUT2D eigenvalue weighted by Gasteiger charge is 2.15. The fraction of sp³-hybridized carbons (Fsp3) is 0.316. The van der Waals surface area contributed by atoms with Crippen LogP contribution in [-0.2, 0) is 17.6 Å². The largest absolute Gasteiger partial charge is 0.454 e. The molecule has 23 heavy (non-hydrogen) atoms. The van der Waals surface area contributed by atoms with E-state index >= 15 is 0 Å². The number of Topliss-reactive ketones (excluding diaryl/α,β-unsaturated/α-hetero) is 1. The summed E-state index contributed by atoms with van der Waals surface area (Å²) in [5.74, 6) is -0.699. The van der Waals surface area contributed by atoms with Crippen molar-refractivity contribution in [1.82, 2.24) is 4.98 Å². The Kier molecular flexibility index (Phi) is 4.51. The average molecular weight is 309 g/mol. The van der Waals surface area contributed by atoms with Crippen LogP contribution in [0.1, 0.15) is 50.4 Å². The summed E-state index contributed by atoms with van der Waals surface area (Å²) in [5, 5.41) is 0. The Hall–Kier alpha value is -2.49. The van der Waals surface area contributed by atoms with Gasteiger partial charge in [0.25, 0.3) is 0 Å². The topological polar surface area (TPSA) is 56.3 Å². The summed E-state index contributed by atoms with van der Waals surface area (Å²) < 4.78 is 5.10. The van der Waals surface area contributed by atoms with Gasteiger partial charge in [-0.3, -0.25) is 9.78 Å². The van der Waals surface area contributed by atoms with E-state index in [1.54, 1.807) is 12.1 Å². The van der Waals surface area contributed by atoms with Gasteiger partial charge in [0.15, 0.2) is 12.4 Å². The highest BCUT2D eigenvalue weighted by atomic mass is 16.5. The molecule has 0 bridgehead atoms. The van der Waals surface area contributed by atoms with E-state index < -0.39 is 5.97 Å². The average Bonchev–Trinajstić information content (AvgIpc) is 2.59. The minimum atomic E-state index is -0.524. The molecule has 4 heteroatoms. The first kappa shape index (κ1) is 15.4. The molecule has 1 aromatic carbocycles.